The molecule has 0 spiro atoms. The lowest BCUT2D eigenvalue weighted by molar-refractivity contribution is 0.0621. The van der Waals surface area contributed by atoms with Crippen LogP contribution < -0.4 is 5.32 Å². The molecule has 1 aliphatic heterocycles. The third-order valence-electron chi connectivity index (χ3n) is 3.88. The lowest BCUT2D eigenvalue weighted by atomic mass is 9.93. The van der Waals surface area contributed by atoms with Gasteiger partial charge in [0.2, 0.25) is 5.95 Å². The molecule has 5 nitrogen and oxygen atoms in total. The largest absolute Gasteiger partial charge is 0.381 e. The van der Waals surface area contributed by atoms with E-state index in [2.05, 4.69) is 22.3 Å². The highest BCUT2D eigenvalue weighted by Gasteiger charge is 2.21. The second-order valence-corrected chi connectivity index (χ2v) is 5.26. The van der Waals surface area contributed by atoms with Gasteiger partial charge in [0.15, 0.2) is 5.65 Å². The van der Waals surface area contributed by atoms with Crippen molar-refractivity contribution in [1.82, 2.24) is 14.6 Å². The minimum absolute atomic E-state index is 0.376. The van der Waals surface area contributed by atoms with E-state index < -0.39 is 0 Å². The van der Waals surface area contributed by atoms with E-state index in [1.54, 1.807) is 0 Å². The Morgan fingerprint density at radius 3 is 2.89 bits per heavy atom. The molecule has 0 saturated carbocycles. The van der Waals surface area contributed by atoms with Crippen LogP contribution in [0.2, 0.25) is 0 Å². The second kappa shape index (κ2) is 5.17. The quantitative estimate of drug-likeness (QED) is 0.919. The Labute approximate surface area is 113 Å². The number of aryl methyl sites for hydroxylation is 1. The molecule has 19 heavy (non-hydrogen) atoms. The molecular formula is C14H20N4O. The predicted molar refractivity (Wildman–Crippen MR) is 74.4 cm³/mol. The summed E-state index contributed by atoms with van der Waals surface area (Å²) in [5.41, 5.74) is 1.98. The summed E-state index contributed by atoms with van der Waals surface area (Å²) >= 11 is 0. The zero-order valence-corrected chi connectivity index (χ0v) is 11.5. The molecule has 1 saturated heterocycles. The van der Waals surface area contributed by atoms with Crippen molar-refractivity contribution in [2.45, 2.75) is 32.7 Å². The molecule has 2 aromatic heterocycles. The van der Waals surface area contributed by atoms with Crippen LogP contribution >= 0.6 is 0 Å². The summed E-state index contributed by atoms with van der Waals surface area (Å²) in [6, 6.07) is 6.39. The van der Waals surface area contributed by atoms with E-state index in [1.165, 1.54) is 0 Å². The van der Waals surface area contributed by atoms with Crippen molar-refractivity contribution in [1.29, 1.82) is 0 Å². The summed E-state index contributed by atoms with van der Waals surface area (Å²) in [7, 11) is 0. The normalized spacial score (nSPS) is 18.6. The molecule has 5 heteroatoms. The van der Waals surface area contributed by atoms with Gasteiger partial charge in [0, 0.05) is 24.9 Å². The molecule has 1 atom stereocenters. The summed E-state index contributed by atoms with van der Waals surface area (Å²) in [4.78, 5) is 4.52. The Morgan fingerprint density at radius 1 is 1.37 bits per heavy atom. The maximum absolute atomic E-state index is 5.40. The first-order chi connectivity index (χ1) is 9.24. The molecule has 0 aliphatic carbocycles. The molecule has 1 fully saturated rings. The minimum atomic E-state index is 0.376. The van der Waals surface area contributed by atoms with Crippen molar-refractivity contribution in [3.05, 3.63) is 23.9 Å². The molecule has 0 aromatic carbocycles. The van der Waals surface area contributed by atoms with E-state index in [4.69, 9.17) is 4.74 Å². The first-order valence-electron chi connectivity index (χ1n) is 6.91. The zero-order chi connectivity index (χ0) is 13.2. The fourth-order valence-corrected chi connectivity index (χ4v) is 2.63. The molecule has 1 unspecified atom stereocenters. The van der Waals surface area contributed by atoms with Crippen molar-refractivity contribution in [3.63, 3.8) is 0 Å². The molecule has 0 radical (unpaired) electrons. The lowest BCUT2D eigenvalue weighted by Gasteiger charge is -2.27. The van der Waals surface area contributed by atoms with E-state index in [0.29, 0.717) is 17.9 Å². The Bertz CT molecular complexity index is 560. The van der Waals surface area contributed by atoms with Crippen LogP contribution in [-0.2, 0) is 4.74 Å². The van der Waals surface area contributed by atoms with Gasteiger partial charge < -0.3 is 10.1 Å². The third-order valence-corrected chi connectivity index (χ3v) is 3.88. The van der Waals surface area contributed by atoms with Crippen molar-refractivity contribution >= 4 is 11.6 Å². The number of anilines is 1. The number of rotatable bonds is 3. The Morgan fingerprint density at radius 2 is 2.16 bits per heavy atom. The molecule has 1 aliphatic rings. The van der Waals surface area contributed by atoms with Gasteiger partial charge >= 0.3 is 0 Å². The first kappa shape index (κ1) is 12.4. The zero-order valence-electron chi connectivity index (χ0n) is 11.5. The number of hydrogen-bond acceptors (Lipinski definition) is 4. The summed E-state index contributed by atoms with van der Waals surface area (Å²) in [5.74, 6) is 1.36. The van der Waals surface area contributed by atoms with E-state index in [1.807, 2.05) is 29.6 Å². The van der Waals surface area contributed by atoms with Crippen LogP contribution in [0.25, 0.3) is 5.65 Å². The molecule has 2 aromatic rings. The minimum Gasteiger partial charge on any atom is -0.381 e. The highest BCUT2D eigenvalue weighted by Crippen LogP contribution is 2.21. The van der Waals surface area contributed by atoms with E-state index in [9.17, 15) is 0 Å². The molecule has 1 N–H and O–H groups in total. The van der Waals surface area contributed by atoms with Crippen LogP contribution in [0.5, 0.6) is 0 Å². The van der Waals surface area contributed by atoms with Crippen LogP contribution in [0.3, 0.4) is 0 Å². The number of pyridine rings is 1. The van der Waals surface area contributed by atoms with Gasteiger partial charge in [-0.25, -0.2) is 4.52 Å². The van der Waals surface area contributed by atoms with Gasteiger partial charge in [-0.1, -0.05) is 6.07 Å². The maximum atomic E-state index is 5.40. The molecule has 102 valence electrons. The fourth-order valence-electron chi connectivity index (χ4n) is 2.63. The highest BCUT2D eigenvalue weighted by molar-refractivity contribution is 5.44. The van der Waals surface area contributed by atoms with Gasteiger partial charge in [-0.15, -0.1) is 5.10 Å². The smallest absolute Gasteiger partial charge is 0.243 e. The molecular weight excluding hydrogens is 240 g/mol. The van der Waals surface area contributed by atoms with Crippen LogP contribution in [0.1, 0.15) is 25.5 Å². The van der Waals surface area contributed by atoms with Crippen molar-refractivity contribution in [2.75, 3.05) is 18.5 Å². The van der Waals surface area contributed by atoms with Gasteiger partial charge in [-0.05, 0) is 44.7 Å². The maximum Gasteiger partial charge on any atom is 0.243 e. The SMILES string of the molecule is Cc1cccc2nc(NC(C)C3CCOCC3)nn12. The van der Waals surface area contributed by atoms with Crippen molar-refractivity contribution < 1.29 is 4.74 Å². The Hall–Kier alpha value is -1.62. The number of nitrogens with zero attached hydrogens (tertiary/aromatic N) is 3. The number of aromatic nitrogens is 3. The fraction of sp³-hybridized carbons (Fsp3) is 0.571. The van der Waals surface area contributed by atoms with Gasteiger partial charge in [0.1, 0.15) is 0 Å². The third kappa shape index (κ3) is 2.56. The topological polar surface area (TPSA) is 51.5 Å². The van der Waals surface area contributed by atoms with E-state index >= 15 is 0 Å². The number of fused-ring (bicyclic) bond motifs is 1. The van der Waals surface area contributed by atoms with Gasteiger partial charge in [-0.3, -0.25) is 0 Å². The summed E-state index contributed by atoms with van der Waals surface area (Å²) in [6.07, 6.45) is 2.22. The highest BCUT2D eigenvalue weighted by atomic mass is 16.5. The van der Waals surface area contributed by atoms with Crippen LogP contribution in [0.15, 0.2) is 18.2 Å². The summed E-state index contributed by atoms with van der Waals surface area (Å²) in [6.45, 7) is 5.98. The van der Waals surface area contributed by atoms with Gasteiger partial charge in [0.05, 0.1) is 0 Å². The Kier molecular flexibility index (Phi) is 3.38. The molecule has 0 amide bonds. The van der Waals surface area contributed by atoms with Crippen molar-refractivity contribution in [3.8, 4) is 0 Å². The monoisotopic (exact) mass is 260 g/mol. The van der Waals surface area contributed by atoms with E-state index in [-0.39, 0.29) is 0 Å². The second-order valence-electron chi connectivity index (χ2n) is 5.26. The number of nitrogens with one attached hydrogen (secondary N) is 1. The average molecular weight is 260 g/mol. The summed E-state index contributed by atoms with van der Waals surface area (Å²) in [5, 5.41) is 7.94. The van der Waals surface area contributed by atoms with Gasteiger partial charge in [0.25, 0.3) is 0 Å². The van der Waals surface area contributed by atoms with Crippen molar-refractivity contribution in [2.24, 2.45) is 5.92 Å². The first-order valence-corrected chi connectivity index (χ1v) is 6.91. The predicted octanol–water partition coefficient (Wildman–Crippen LogP) is 2.26. The van der Waals surface area contributed by atoms with Gasteiger partial charge in [-0.2, -0.15) is 4.98 Å². The number of hydrogen-bond donors (Lipinski definition) is 1. The molecule has 0 bridgehead atoms. The summed E-state index contributed by atoms with van der Waals surface area (Å²) < 4.78 is 7.27. The van der Waals surface area contributed by atoms with Crippen LogP contribution in [0.4, 0.5) is 5.95 Å². The Balaban J connectivity index is 1.75. The standard InChI is InChI=1S/C14H20N4O/c1-10-4-3-5-13-16-14(17-18(10)13)15-11(2)12-6-8-19-9-7-12/h3-5,11-12H,6-9H2,1-2H3,(H,15,17). The molecule has 3 rings (SSSR count). The number of ether oxygens (including phenoxy) is 1. The van der Waals surface area contributed by atoms with Crippen LogP contribution in [0, 0.1) is 12.8 Å². The van der Waals surface area contributed by atoms with Crippen LogP contribution in [-0.4, -0.2) is 33.9 Å². The lowest BCUT2D eigenvalue weighted by Crippen LogP contribution is -2.31. The van der Waals surface area contributed by atoms with E-state index in [0.717, 1.165) is 37.4 Å². The average Bonchev–Trinajstić information content (AvgIpc) is 2.84. The molecule has 3 heterocycles.